The zero-order chi connectivity index (χ0) is 22.2. The second-order valence-electron chi connectivity index (χ2n) is 8.15. The van der Waals surface area contributed by atoms with Crippen molar-refractivity contribution in [1.29, 1.82) is 0 Å². The Hall–Kier alpha value is -3.07. The molecule has 0 saturated carbocycles. The molecule has 0 N–H and O–H groups in total. The molecule has 31 heavy (non-hydrogen) atoms. The molecular formula is C28H33NO2. The molecule has 0 atom stereocenters. The van der Waals surface area contributed by atoms with Gasteiger partial charge in [-0.2, -0.15) is 0 Å². The van der Waals surface area contributed by atoms with E-state index in [1.165, 1.54) is 27.6 Å². The topological polar surface area (TPSA) is 35.1 Å². The van der Waals surface area contributed by atoms with Crippen LogP contribution in [0.2, 0.25) is 0 Å². The first-order valence-corrected chi connectivity index (χ1v) is 11.1. The number of ketones is 1. The maximum absolute atomic E-state index is 11.2. The fourth-order valence-corrected chi connectivity index (χ4v) is 3.83. The van der Waals surface area contributed by atoms with Crippen molar-refractivity contribution < 1.29 is 9.21 Å². The first-order valence-electron chi connectivity index (χ1n) is 11.1. The minimum Gasteiger partial charge on any atom is -0.466 e. The quantitative estimate of drug-likeness (QED) is 0.324. The molecule has 0 bridgehead atoms. The molecule has 0 unspecified atom stereocenters. The van der Waals surface area contributed by atoms with Gasteiger partial charge in [0.2, 0.25) is 0 Å². The van der Waals surface area contributed by atoms with E-state index in [4.69, 9.17) is 4.42 Å². The second kappa shape index (κ2) is 10.8. The Morgan fingerprint density at radius 1 is 0.935 bits per heavy atom. The molecule has 3 nitrogen and oxygen atoms in total. The number of furan rings is 1. The molecule has 2 aromatic heterocycles. The number of carbonyl (C=O) groups excluding carboxylic acids is 1. The Morgan fingerprint density at radius 3 is 2.32 bits per heavy atom. The van der Waals surface area contributed by atoms with E-state index in [0.29, 0.717) is 6.42 Å². The lowest BCUT2D eigenvalue weighted by molar-refractivity contribution is -0.117. The number of aryl methyl sites for hydroxylation is 4. The summed E-state index contributed by atoms with van der Waals surface area (Å²) in [5.74, 6) is 2.35. The van der Waals surface area contributed by atoms with Gasteiger partial charge in [-0.15, -0.1) is 0 Å². The summed E-state index contributed by atoms with van der Waals surface area (Å²) in [6.45, 7) is 8.76. The summed E-state index contributed by atoms with van der Waals surface area (Å²) in [4.78, 5) is 11.2. The largest absolute Gasteiger partial charge is 0.466 e. The van der Waals surface area contributed by atoms with E-state index in [0.717, 1.165) is 37.3 Å². The molecule has 2 aromatic carbocycles. The van der Waals surface area contributed by atoms with E-state index >= 15 is 0 Å². The van der Waals surface area contributed by atoms with Crippen LogP contribution in [0.1, 0.15) is 54.9 Å². The van der Waals surface area contributed by atoms with Gasteiger partial charge < -0.3 is 13.8 Å². The Morgan fingerprint density at radius 2 is 1.68 bits per heavy atom. The van der Waals surface area contributed by atoms with Crippen LogP contribution in [0, 0.1) is 13.8 Å². The third-order valence-corrected chi connectivity index (χ3v) is 5.59. The number of Topliss-reactive ketones (excluding diaryl/α,β-unsaturated/α-hetero) is 1. The number of hydrogen-bond donors (Lipinski definition) is 0. The van der Waals surface area contributed by atoms with E-state index in [-0.39, 0.29) is 5.78 Å². The summed E-state index contributed by atoms with van der Waals surface area (Å²) in [6, 6.07) is 21.1. The molecule has 162 valence electrons. The van der Waals surface area contributed by atoms with Gasteiger partial charge in [-0.1, -0.05) is 49.4 Å². The number of fused-ring (bicyclic) bond motifs is 1. The summed E-state index contributed by atoms with van der Waals surface area (Å²) >= 11 is 0. The normalized spacial score (nSPS) is 10.7. The molecular weight excluding hydrogens is 382 g/mol. The van der Waals surface area contributed by atoms with Gasteiger partial charge >= 0.3 is 0 Å². The molecule has 0 saturated heterocycles. The third kappa shape index (κ3) is 6.21. The first kappa shape index (κ1) is 22.6. The Kier molecular flexibility index (Phi) is 7.88. The molecule has 0 aliphatic carbocycles. The number of nitrogens with zero attached hydrogens (tertiary/aromatic N) is 1. The van der Waals surface area contributed by atoms with Crippen molar-refractivity contribution >= 4 is 16.7 Å². The molecule has 0 radical (unpaired) electrons. The standard InChI is InChI=1S/C21H23NO.C7H10O/c1-16-8-3-4-10-18(16)14-22-15-19(11-7-9-17(2)23)20-12-5-6-13-21(20)22;1-3-7-5-4-6(2)8-7/h3-6,8,10,12-13,15H,7,9,11,14H2,1-2H3;4-5H,3H2,1-2H3. The number of hydrogen-bond acceptors (Lipinski definition) is 2. The van der Waals surface area contributed by atoms with Crippen molar-refractivity contribution in [3.05, 3.63) is 95.1 Å². The minimum atomic E-state index is 0.272. The third-order valence-electron chi connectivity index (χ3n) is 5.59. The van der Waals surface area contributed by atoms with Crippen molar-refractivity contribution in [3.8, 4) is 0 Å². The van der Waals surface area contributed by atoms with E-state index in [2.05, 4.69) is 73.1 Å². The van der Waals surface area contributed by atoms with Crippen LogP contribution in [0.3, 0.4) is 0 Å². The van der Waals surface area contributed by atoms with Crippen molar-refractivity contribution in [2.24, 2.45) is 0 Å². The van der Waals surface area contributed by atoms with Crippen LogP contribution in [0.4, 0.5) is 0 Å². The zero-order valence-corrected chi connectivity index (χ0v) is 19.2. The van der Waals surface area contributed by atoms with E-state index < -0.39 is 0 Å². The molecule has 0 spiro atoms. The molecule has 4 rings (SSSR count). The average Bonchev–Trinajstić information content (AvgIpc) is 3.34. The fourth-order valence-electron chi connectivity index (χ4n) is 3.83. The van der Waals surface area contributed by atoms with Crippen LogP contribution in [0.15, 0.2) is 71.3 Å². The molecule has 0 aliphatic rings. The van der Waals surface area contributed by atoms with Crippen molar-refractivity contribution in [1.82, 2.24) is 4.57 Å². The molecule has 4 aromatic rings. The van der Waals surface area contributed by atoms with Crippen LogP contribution in [0.25, 0.3) is 10.9 Å². The summed E-state index contributed by atoms with van der Waals surface area (Å²) < 4.78 is 7.57. The van der Waals surface area contributed by atoms with Crippen molar-refractivity contribution in [2.45, 2.75) is 59.9 Å². The lowest BCUT2D eigenvalue weighted by Crippen LogP contribution is -1.99. The van der Waals surface area contributed by atoms with E-state index in [1.807, 2.05) is 19.1 Å². The van der Waals surface area contributed by atoms with Gasteiger partial charge in [-0.05, 0) is 68.5 Å². The highest BCUT2D eigenvalue weighted by atomic mass is 16.3. The Bertz CT molecular complexity index is 1130. The average molecular weight is 416 g/mol. The van der Waals surface area contributed by atoms with Gasteiger partial charge in [0.25, 0.3) is 0 Å². The van der Waals surface area contributed by atoms with E-state index in [9.17, 15) is 4.79 Å². The van der Waals surface area contributed by atoms with Crippen LogP contribution in [-0.4, -0.2) is 10.4 Å². The van der Waals surface area contributed by atoms with Crippen molar-refractivity contribution in [2.75, 3.05) is 0 Å². The van der Waals surface area contributed by atoms with E-state index in [1.54, 1.807) is 6.92 Å². The number of benzene rings is 2. The number of carbonyl (C=O) groups is 1. The number of para-hydroxylation sites is 1. The van der Waals surface area contributed by atoms with Gasteiger partial charge in [0.15, 0.2) is 0 Å². The van der Waals surface area contributed by atoms with Gasteiger partial charge in [0.1, 0.15) is 17.3 Å². The van der Waals surface area contributed by atoms with Crippen LogP contribution >= 0.6 is 0 Å². The smallest absolute Gasteiger partial charge is 0.129 e. The second-order valence-corrected chi connectivity index (χ2v) is 8.15. The molecule has 0 aliphatic heterocycles. The summed E-state index contributed by atoms with van der Waals surface area (Å²) in [7, 11) is 0. The highest BCUT2D eigenvalue weighted by molar-refractivity contribution is 5.84. The SMILES string of the molecule is CC(=O)CCCc1cn(Cc2ccccc2C)c2ccccc12.CCc1ccc(C)o1. The lowest BCUT2D eigenvalue weighted by Gasteiger charge is -2.08. The molecule has 0 amide bonds. The predicted molar refractivity (Wildman–Crippen MR) is 129 cm³/mol. The minimum absolute atomic E-state index is 0.272. The number of rotatable bonds is 7. The summed E-state index contributed by atoms with van der Waals surface area (Å²) in [5, 5.41) is 1.31. The number of aromatic nitrogens is 1. The van der Waals surface area contributed by atoms with Crippen LogP contribution < -0.4 is 0 Å². The van der Waals surface area contributed by atoms with Gasteiger partial charge in [0.05, 0.1) is 0 Å². The maximum atomic E-state index is 11.2. The highest BCUT2D eigenvalue weighted by Gasteiger charge is 2.09. The Labute approximate surface area is 185 Å². The van der Waals surface area contributed by atoms with Crippen LogP contribution in [0.5, 0.6) is 0 Å². The molecule has 2 heterocycles. The predicted octanol–water partition coefficient (Wildman–Crippen LogP) is 7.06. The fraction of sp³-hybridized carbons (Fsp3) is 0.321. The van der Waals surface area contributed by atoms with Crippen molar-refractivity contribution in [3.63, 3.8) is 0 Å². The van der Waals surface area contributed by atoms with Crippen LogP contribution in [-0.2, 0) is 24.2 Å². The Balaban J connectivity index is 0.000000287. The zero-order valence-electron chi connectivity index (χ0n) is 19.2. The summed E-state index contributed by atoms with van der Waals surface area (Å²) in [5.41, 5.74) is 5.29. The van der Waals surface area contributed by atoms with Gasteiger partial charge in [-0.25, -0.2) is 0 Å². The summed E-state index contributed by atoms with van der Waals surface area (Å²) in [6.07, 6.45) is 5.80. The first-order chi connectivity index (χ1) is 15.0. The highest BCUT2D eigenvalue weighted by Crippen LogP contribution is 2.24. The lowest BCUT2D eigenvalue weighted by atomic mass is 10.1. The van der Waals surface area contributed by atoms with Gasteiger partial charge in [0, 0.05) is 36.5 Å². The molecule has 3 heteroatoms. The van der Waals surface area contributed by atoms with Gasteiger partial charge in [-0.3, -0.25) is 0 Å². The monoisotopic (exact) mass is 415 g/mol. The maximum Gasteiger partial charge on any atom is 0.129 e. The molecule has 0 fully saturated rings.